The van der Waals surface area contributed by atoms with Crippen molar-refractivity contribution in [3.63, 3.8) is 0 Å². The van der Waals surface area contributed by atoms with Gasteiger partial charge in [-0.2, -0.15) is 0 Å². The minimum atomic E-state index is 0.208. The molecular formula is C17H20N2O3S. The third-order valence-electron chi connectivity index (χ3n) is 4.26. The van der Waals surface area contributed by atoms with Crippen LogP contribution in [0.3, 0.4) is 0 Å². The van der Waals surface area contributed by atoms with Gasteiger partial charge in [-0.1, -0.05) is 6.07 Å². The molecule has 2 unspecified atom stereocenters. The van der Waals surface area contributed by atoms with E-state index in [1.807, 2.05) is 12.1 Å². The van der Waals surface area contributed by atoms with E-state index in [0.29, 0.717) is 6.79 Å². The molecule has 122 valence electrons. The Morgan fingerprint density at radius 3 is 3.13 bits per heavy atom. The number of hydrogen-bond acceptors (Lipinski definition) is 6. The number of hydrogen-bond donors (Lipinski definition) is 1. The normalized spacial score (nSPS) is 20.8. The first kappa shape index (κ1) is 14.9. The van der Waals surface area contributed by atoms with Crippen molar-refractivity contribution in [2.45, 2.75) is 38.5 Å². The number of nitrogens with zero attached hydrogens (tertiary/aromatic N) is 1. The molecule has 6 heteroatoms. The molecule has 4 rings (SSSR count). The van der Waals surface area contributed by atoms with Gasteiger partial charge < -0.3 is 19.5 Å². The lowest BCUT2D eigenvalue weighted by molar-refractivity contribution is 0.111. The third-order valence-corrected chi connectivity index (χ3v) is 5.25. The summed E-state index contributed by atoms with van der Waals surface area (Å²) in [6.45, 7) is 4.06. The van der Waals surface area contributed by atoms with E-state index in [4.69, 9.17) is 19.2 Å². The van der Waals surface area contributed by atoms with Gasteiger partial charge in [-0.05, 0) is 37.5 Å². The fraction of sp³-hybridized carbons (Fsp3) is 0.471. The van der Waals surface area contributed by atoms with Crippen LogP contribution in [0.25, 0.3) is 0 Å². The van der Waals surface area contributed by atoms with Crippen LogP contribution in [-0.2, 0) is 11.3 Å². The third kappa shape index (κ3) is 3.20. The average Bonchev–Trinajstić information content (AvgIpc) is 3.32. The summed E-state index contributed by atoms with van der Waals surface area (Å²) in [7, 11) is 0. The first-order valence-corrected chi connectivity index (χ1v) is 8.86. The molecule has 1 N–H and O–H groups in total. The second-order valence-corrected chi connectivity index (χ2v) is 6.78. The van der Waals surface area contributed by atoms with Crippen molar-refractivity contribution in [1.29, 1.82) is 0 Å². The minimum absolute atomic E-state index is 0.208. The standard InChI is InChI=1S/C17H20N2O3S/c1-11(12-4-5-14-16(7-12)22-10-21-14)18-8-13-9-23-17(19-13)15-3-2-6-20-15/h4-5,7,9,11,15,18H,2-3,6,8,10H2,1H3. The summed E-state index contributed by atoms with van der Waals surface area (Å²) >= 11 is 1.70. The zero-order valence-corrected chi connectivity index (χ0v) is 13.9. The van der Waals surface area contributed by atoms with Crippen LogP contribution < -0.4 is 14.8 Å². The molecule has 5 nitrogen and oxygen atoms in total. The molecule has 0 spiro atoms. The highest BCUT2D eigenvalue weighted by molar-refractivity contribution is 7.09. The smallest absolute Gasteiger partial charge is 0.231 e. The van der Waals surface area contributed by atoms with Crippen LogP contribution in [0.5, 0.6) is 11.5 Å². The fourth-order valence-corrected chi connectivity index (χ4v) is 3.78. The molecule has 0 saturated carbocycles. The molecule has 0 bridgehead atoms. The van der Waals surface area contributed by atoms with E-state index >= 15 is 0 Å². The Hall–Kier alpha value is -1.63. The SMILES string of the molecule is CC(NCc1csc(C2CCCO2)n1)c1ccc2c(c1)OCO2. The van der Waals surface area contributed by atoms with Gasteiger partial charge in [0, 0.05) is 24.6 Å². The quantitative estimate of drug-likeness (QED) is 0.907. The molecule has 1 aromatic heterocycles. The first-order chi connectivity index (χ1) is 11.3. The van der Waals surface area contributed by atoms with Crippen LogP contribution in [-0.4, -0.2) is 18.4 Å². The van der Waals surface area contributed by atoms with E-state index in [-0.39, 0.29) is 12.1 Å². The van der Waals surface area contributed by atoms with Crippen molar-refractivity contribution in [1.82, 2.24) is 10.3 Å². The summed E-state index contributed by atoms with van der Waals surface area (Å²) in [4.78, 5) is 4.70. The van der Waals surface area contributed by atoms with Gasteiger partial charge in [0.05, 0.1) is 5.69 Å². The highest BCUT2D eigenvalue weighted by Gasteiger charge is 2.21. The molecule has 0 amide bonds. The molecule has 0 aliphatic carbocycles. The Labute approximate surface area is 139 Å². The Balaban J connectivity index is 1.37. The van der Waals surface area contributed by atoms with Gasteiger partial charge in [-0.3, -0.25) is 0 Å². The molecule has 2 aliphatic rings. The van der Waals surface area contributed by atoms with E-state index < -0.39 is 0 Å². The van der Waals surface area contributed by atoms with Gasteiger partial charge in [0.1, 0.15) is 11.1 Å². The van der Waals surface area contributed by atoms with Crippen molar-refractivity contribution in [2.75, 3.05) is 13.4 Å². The Morgan fingerprint density at radius 1 is 1.35 bits per heavy atom. The van der Waals surface area contributed by atoms with Crippen molar-refractivity contribution >= 4 is 11.3 Å². The van der Waals surface area contributed by atoms with Crippen molar-refractivity contribution in [2.24, 2.45) is 0 Å². The van der Waals surface area contributed by atoms with E-state index in [0.717, 1.165) is 48.2 Å². The van der Waals surface area contributed by atoms with Crippen molar-refractivity contribution in [3.8, 4) is 11.5 Å². The van der Waals surface area contributed by atoms with Gasteiger partial charge in [0.25, 0.3) is 0 Å². The van der Waals surface area contributed by atoms with Gasteiger partial charge in [-0.15, -0.1) is 11.3 Å². The van der Waals surface area contributed by atoms with Crippen LogP contribution in [0.1, 0.15) is 48.2 Å². The number of rotatable bonds is 5. The van der Waals surface area contributed by atoms with Crippen LogP contribution in [0.15, 0.2) is 23.6 Å². The summed E-state index contributed by atoms with van der Waals surface area (Å²) < 4.78 is 16.5. The first-order valence-electron chi connectivity index (χ1n) is 7.98. The Morgan fingerprint density at radius 2 is 2.26 bits per heavy atom. The van der Waals surface area contributed by atoms with Crippen molar-refractivity contribution in [3.05, 3.63) is 39.8 Å². The summed E-state index contributed by atoms with van der Waals surface area (Å²) in [5.41, 5.74) is 2.26. The lowest BCUT2D eigenvalue weighted by atomic mass is 10.1. The Bertz CT molecular complexity index is 682. The second kappa shape index (κ2) is 6.47. The second-order valence-electron chi connectivity index (χ2n) is 5.89. The van der Waals surface area contributed by atoms with Crippen LogP contribution in [0.2, 0.25) is 0 Å². The topological polar surface area (TPSA) is 52.6 Å². The summed E-state index contributed by atoms with van der Waals surface area (Å²) in [6.07, 6.45) is 2.44. The lowest BCUT2D eigenvalue weighted by Gasteiger charge is -2.14. The van der Waals surface area contributed by atoms with Gasteiger partial charge in [0.2, 0.25) is 6.79 Å². The maximum Gasteiger partial charge on any atom is 0.231 e. The van der Waals surface area contributed by atoms with Gasteiger partial charge in [-0.25, -0.2) is 4.98 Å². The lowest BCUT2D eigenvalue weighted by Crippen LogP contribution is -2.18. The molecule has 1 saturated heterocycles. The minimum Gasteiger partial charge on any atom is -0.454 e. The maximum atomic E-state index is 5.69. The van der Waals surface area contributed by atoms with E-state index in [1.165, 1.54) is 5.56 Å². The summed E-state index contributed by atoms with van der Waals surface area (Å²) in [5, 5.41) is 6.75. The predicted octanol–water partition coefficient (Wildman–Crippen LogP) is 3.57. The average molecular weight is 332 g/mol. The molecule has 1 aromatic carbocycles. The van der Waals surface area contributed by atoms with E-state index in [1.54, 1.807) is 11.3 Å². The largest absolute Gasteiger partial charge is 0.454 e. The predicted molar refractivity (Wildman–Crippen MR) is 87.9 cm³/mol. The molecule has 3 heterocycles. The number of aromatic nitrogens is 1. The molecule has 1 fully saturated rings. The molecule has 2 aliphatic heterocycles. The van der Waals surface area contributed by atoms with Crippen LogP contribution >= 0.6 is 11.3 Å². The zero-order valence-electron chi connectivity index (χ0n) is 13.1. The van der Waals surface area contributed by atoms with E-state index in [9.17, 15) is 0 Å². The maximum absolute atomic E-state index is 5.69. The van der Waals surface area contributed by atoms with Crippen molar-refractivity contribution < 1.29 is 14.2 Å². The fourth-order valence-electron chi connectivity index (χ4n) is 2.88. The molecule has 2 aromatic rings. The number of thiazole rings is 1. The number of fused-ring (bicyclic) bond motifs is 1. The highest BCUT2D eigenvalue weighted by Crippen LogP contribution is 2.34. The van der Waals surface area contributed by atoms with Crippen LogP contribution in [0.4, 0.5) is 0 Å². The number of benzene rings is 1. The molecule has 23 heavy (non-hydrogen) atoms. The molecular weight excluding hydrogens is 312 g/mol. The number of nitrogens with one attached hydrogen (secondary N) is 1. The molecule has 0 radical (unpaired) electrons. The summed E-state index contributed by atoms with van der Waals surface area (Å²) in [6, 6.07) is 6.30. The summed E-state index contributed by atoms with van der Waals surface area (Å²) in [5.74, 6) is 1.65. The highest BCUT2D eigenvalue weighted by atomic mass is 32.1. The molecule has 2 atom stereocenters. The van der Waals surface area contributed by atoms with Gasteiger partial charge in [0.15, 0.2) is 11.5 Å². The Kier molecular flexibility index (Phi) is 4.20. The monoisotopic (exact) mass is 332 g/mol. The number of ether oxygens (including phenoxy) is 3. The van der Waals surface area contributed by atoms with Crippen LogP contribution in [0, 0.1) is 0 Å². The van der Waals surface area contributed by atoms with Gasteiger partial charge >= 0.3 is 0 Å². The zero-order chi connectivity index (χ0) is 15.6. The van der Waals surface area contributed by atoms with E-state index in [2.05, 4.69) is 23.7 Å².